The molecule has 0 radical (unpaired) electrons. The summed E-state index contributed by atoms with van der Waals surface area (Å²) in [5, 5.41) is 2.80. The molecule has 0 fully saturated rings. The van der Waals surface area contributed by atoms with Gasteiger partial charge in [-0.3, -0.25) is 0 Å². The molecular formula is C7H11N5. The molecule has 64 valence electrons. The highest BCUT2D eigenvalue weighted by Crippen LogP contribution is 2.06. The fraction of sp³-hybridized carbons (Fsp3) is 0.143. The third kappa shape index (κ3) is 1.63. The number of aliphatic imine (C=N–C) groups is 2. The number of hydrogen-bond donors (Lipinski definition) is 3. The SMILES string of the molecule is C=C(N)/N=C1/NC=N/C1=C(\C)N. The van der Waals surface area contributed by atoms with E-state index in [0.29, 0.717) is 17.2 Å². The summed E-state index contributed by atoms with van der Waals surface area (Å²) in [7, 11) is 0. The zero-order valence-electron chi connectivity index (χ0n) is 6.83. The van der Waals surface area contributed by atoms with Crippen molar-refractivity contribution in [2.75, 3.05) is 0 Å². The molecule has 5 nitrogen and oxygen atoms in total. The van der Waals surface area contributed by atoms with E-state index in [0.717, 1.165) is 0 Å². The van der Waals surface area contributed by atoms with Gasteiger partial charge in [0.1, 0.15) is 11.5 Å². The van der Waals surface area contributed by atoms with Crippen LogP contribution in [0.1, 0.15) is 6.92 Å². The largest absolute Gasteiger partial charge is 0.400 e. The molecule has 0 unspecified atom stereocenters. The number of amidine groups is 1. The molecule has 1 rings (SSSR count). The molecule has 0 spiro atoms. The molecular weight excluding hydrogens is 154 g/mol. The van der Waals surface area contributed by atoms with Gasteiger partial charge in [0.05, 0.1) is 6.34 Å². The van der Waals surface area contributed by atoms with Crippen LogP contribution in [0.3, 0.4) is 0 Å². The number of hydrogen-bond acceptors (Lipinski definition) is 4. The molecule has 1 aliphatic heterocycles. The smallest absolute Gasteiger partial charge is 0.161 e. The fourth-order valence-corrected chi connectivity index (χ4v) is 0.805. The first kappa shape index (κ1) is 8.32. The van der Waals surface area contributed by atoms with Crippen molar-refractivity contribution in [3.63, 3.8) is 0 Å². The molecule has 0 aliphatic carbocycles. The summed E-state index contributed by atoms with van der Waals surface area (Å²) in [5.41, 5.74) is 12.0. The van der Waals surface area contributed by atoms with Crippen LogP contribution in [0.5, 0.6) is 0 Å². The van der Waals surface area contributed by atoms with E-state index < -0.39 is 0 Å². The summed E-state index contributed by atoms with van der Waals surface area (Å²) >= 11 is 0. The van der Waals surface area contributed by atoms with Crippen LogP contribution in [0.15, 0.2) is 33.8 Å². The van der Waals surface area contributed by atoms with Crippen molar-refractivity contribution in [2.24, 2.45) is 21.5 Å². The van der Waals surface area contributed by atoms with Crippen LogP contribution < -0.4 is 16.8 Å². The molecule has 5 N–H and O–H groups in total. The predicted octanol–water partition coefficient (Wildman–Crippen LogP) is -0.363. The molecule has 0 saturated heterocycles. The monoisotopic (exact) mass is 165 g/mol. The van der Waals surface area contributed by atoms with E-state index in [2.05, 4.69) is 21.9 Å². The van der Waals surface area contributed by atoms with E-state index in [4.69, 9.17) is 11.5 Å². The van der Waals surface area contributed by atoms with Gasteiger partial charge in [-0.25, -0.2) is 9.98 Å². The van der Waals surface area contributed by atoms with Crippen molar-refractivity contribution < 1.29 is 0 Å². The lowest BCUT2D eigenvalue weighted by Gasteiger charge is -1.99. The Morgan fingerprint density at radius 1 is 1.67 bits per heavy atom. The van der Waals surface area contributed by atoms with Crippen molar-refractivity contribution in [1.82, 2.24) is 5.32 Å². The Hall–Kier alpha value is -1.78. The van der Waals surface area contributed by atoms with E-state index >= 15 is 0 Å². The van der Waals surface area contributed by atoms with Crippen LogP contribution in [0.25, 0.3) is 0 Å². The number of nitrogens with zero attached hydrogens (tertiary/aromatic N) is 2. The summed E-state index contributed by atoms with van der Waals surface area (Å²) in [6.07, 6.45) is 1.51. The summed E-state index contributed by atoms with van der Waals surface area (Å²) in [6.45, 7) is 5.19. The van der Waals surface area contributed by atoms with Crippen molar-refractivity contribution in [1.29, 1.82) is 0 Å². The second kappa shape index (κ2) is 3.08. The molecule has 5 heteroatoms. The molecule has 0 aromatic heterocycles. The Labute approximate surface area is 70.6 Å². The molecule has 1 heterocycles. The first-order chi connectivity index (χ1) is 5.61. The molecule has 0 aromatic rings. The molecule has 12 heavy (non-hydrogen) atoms. The first-order valence-electron chi connectivity index (χ1n) is 3.40. The van der Waals surface area contributed by atoms with Crippen molar-refractivity contribution in [3.05, 3.63) is 23.8 Å². The standard InChI is InChI=1S/C7H11N5/c1-4(8)6-7(11-3-10-6)12-5(2)9/h3H,2,8-9H2,1H3,(H,10,11,12)/b6-4+. The summed E-state index contributed by atoms with van der Waals surface area (Å²) in [4.78, 5) is 7.87. The van der Waals surface area contributed by atoms with Gasteiger partial charge in [0.15, 0.2) is 5.84 Å². The predicted molar refractivity (Wildman–Crippen MR) is 49.3 cm³/mol. The Morgan fingerprint density at radius 3 is 2.83 bits per heavy atom. The van der Waals surface area contributed by atoms with Crippen molar-refractivity contribution in [2.45, 2.75) is 6.92 Å². The lowest BCUT2D eigenvalue weighted by Crippen LogP contribution is -2.19. The zero-order chi connectivity index (χ0) is 9.14. The number of allylic oxidation sites excluding steroid dienone is 1. The number of nitrogens with one attached hydrogen (secondary N) is 1. The molecule has 0 saturated carbocycles. The van der Waals surface area contributed by atoms with Crippen molar-refractivity contribution >= 4 is 12.2 Å². The van der Waals surface area contributed by atoms with Gasteiger partial charge < -0.3 is 16.8 Å². The van der Waals surface area contributed by atoms with E-state index in [9.17, 15) is 0 Å². The Kier molecular flexibility index (Phi) is 2.14. The van der Waals surface area contributed by atoms with Crippen LogP contribution in [0.2, 0.25) is 0 Å². The van der Waals surface area contributed by atoms with E-state index in [-0.39, 0.29) is 5.82 Å². The maximum absolute atomic E-state index is 5.54. The van der Waals surface area contributed by atoms with E-state index in [1.54, 1.807) is 6.92 Å². The van der Waals surface area contributed by atoms with Gasteiger partial charge in [0.25, 0.3) is 0 Å². The van der Waals surface area contributed by atoms with Crippen LogP contribution in [0.4, 0.5) is 0 Å². The second-order valence-electron chi connectivity index (χ2n) is 2.39. The minimum absolute atomic E-state index is 0.224. The van der Waals surface area contributed by atoms with Gasteiger partial charge in [-0.1, -0.05) is 6.58 Å². The Balaban J connectivity index is 2.98. The van der Waals surface area contributed by atoms with Crippen LogP contribution >= 0.6 is 0 Å². The van der Waals surface area contributed by atoms with E-state index in [1.807, 2.05) is 0 Å². The highest BCUT2D eigenvalue weighted by molar-refractivity contribution is 6.09. The first-order valence-corrected chi connectivity index (χ1v) is 3.40. The molecule has 0 atom stereocenters. The molecule has 1 aliphatic rings. The Bertz CT molecular complexity index is 293. The minimum Gasteiger partial charge on any atom is -0.400 e. The van der Waals surface area contributed by atoms with Crippen molar-refractivity contribution in [3.8, 4) is 0 Å². The summed E-state index contributed by atoms with van der Waals surface area (Å²) in [6, 6.07) is 0. The highest BCUT2D eigenvalue weighted by Gasteiger charge is 2.11. The molecule has 0 bridgehead atoms. The second-order valence-corrected chi connectivity index (χ2v) is 2.39. The third-order valence-corrected chi connectivity index (χ3v) is 1.25. The van der Waals surface area contributed by atoms with Crippen LogP contribution in [-0.2, 0) is 0 Å². The molecule has 0 amide bonds. The third-order valence-electron chi connectivity index (χ3n) is 1.25. The van der Waals surface area contributed by atoms with Gasteiger partial charge in [-0.15, -0.1) is 0 Å². The zero-order valence-corrected chi connectivity index (χ0v) is 6.83. The van der Waals surface area contributed by atoms with Gasteiger partial charge >= 0.3 is 0 Å². The van der Waals surface area contributed by atoms with Gasteiger partial charge in [0, 0.05) is 5.70 Å². The van der Waals surface area contributed by atoms with Gasteiger partial charge in [0.2, 0.25) is 0 Å². The quantitative estimate of drug-likeness (QED) is 0.495. The lowest BCUT2D eigenvalue weighted by molar-refractivity contribution is 1.20. The average molecular weight is 165 g/mol. The maximum Gasteiger partial charge on any atom is 0.161 e. The fourth-order valence-electron chi connectivity index (χ4n) is 0.805. The normalized spacial score (nSPS) is 22.6. The van der Waals surface area contributed by atoms with E-state index in [1.165, 1.54) is 6.34 Å². The highest BCUT2D eigenvalue weighted by atomic mass is 15.1. The summed E-state index contributed by atoms with van der Waals surface area (Å²) in [5.74, 6) is 0.768. The Morgan fingerprint density at radius 2 is 2.33 bits per heavy atom. The van der Waals surface area contributed by atoms with Crippen LogP contribution in [0, 0.1) is 0 Å². The topological polar surface area (TPSA) is 88.8 Å². The van der Waals surface area contributed by atoms with Gasteiger partial charge in [-0.2, -0.15) is 0 Å². The number of rotatable bonds is 1. The maximum atomic E-state index is 5.54. The minimum atomic E-state index is 0.224. The van der Waals surface area contributed by atoms with Crippen LogP contribution in [-0.4, -0.2) is 12.2 Å². The lowest BCUT2D eigenvalue weighted by atomic mass is 10.3. The number of nitrogens with two attached hydrogens (primary N) is 2. The van der Waals surface area contributed by atoms with Gasteiger partial charge in [-0.05, 0) is 6.92 Å². The average Bonchev–Trinajstić information content (AvgIpc) is 2.33. The molecule has 0 aromatic carbocycles. The summed E-state index contributed by atoms with van der Waals surface area (Å²) < 4.78 is 0.